The molecule has 1 N–H and O–H groups in total. The Morgan fingerprint density at radius 2 is 2.00 bits per heavy atom. The number of benzene rings is 2. The van der Waals surface area contributed by atoms with E-state index in [0.717, 1.165) is 36.0 Å². The zero-order chi connectivity index (χ0) is 19.1. The third-order valence-corrected chi connectivity index (χ3v) is 5.18. The maximum atomic E-state index is 10.7. The minimum atomic E-state index is -0.968. The average molecular weight is 420 g/mol. The van der Waals surface area contributed by atoms with Crippen molar-refractivity contribution in [3.05, 3.63) is 57.6 Å². The van der Waals surface area contributed by atoms with Gasteiger partial charge in [0.2, 0.25) is 0 Å². The van der Waals surface area contributed by atoms with Gasteiger partial charge >= 0.3 is 5.97 Å². The first-order valence-corrected chi connectivity index (χ1v) is 9.65. The standard InChI is InChI=1S/C21H26BrNO3/c1-4-5-11-23(19-8-6-7-18(22)16(19)3)13-17-9-10-20(15(2)12-17)26-14-21(24)25/h6-10,12H,4-5,11,13-14H2,1-3H3,(H,24,25). The Bertz CT molecular complexity index is 761. The first-order valence-electron chi connectivity index (χ1n) is 8.86. The van der Waals surface area contributed by atoms with Crippen molar-refractivity contribution in [2.45, 2.75) is 40.2 Å². The van der Waals surface area contributed by atoms with Gasteiger partial charge in [0.15, 0.2) is 6.61 Å². The quantitative estimate of drug-likeness (QED) is 0.595. The van der Waals surface area contributed by atoms with Gasteiger partial charge in [-0.25, -0.2) is 4.79 Å². The molecule has 0 amide bonds. The van der Waals surface area contributed by atoms with Crippen molar-refractivity contribution in [1.82, 2.24) is 0 Å². The normalized spacial score (nSPS) is 10.6. The van der Waals surface area contributed by atoms with E-state index < -0.39 is 5.97 Å². The van der Waals surface area contributed by atoms with Gasteiger partial charge in [-0.1, -0.05) is 47.5 Å². The van der Waals surface area contributed by atoms with E-state index in [4.69, 9.17) is 9.84 Å². The molecule has 0 aromatic heterocycles. The van der Waals surface area contributed by atoms with Crippen molar-refractivity contribution in [1.29, 1.82) is 0 Å². The van der Waals surface area contributed by atoms with E-state index in [1.807, 2.05) is 19.1 Å². The number of carboxylic acids is 1. The van der Waals surface area contributed by atoms with Crippen LogP contribution in [0.4, 0.5) is 5.69 Å². The minimum Gasteiger partial charge on any atom is -0.482 e. The molecule has 0 fully saturated rings. The number of unbranched alkanes of at least 4 members (excludes halogenated alkanes) is 1. The average Bonchev–Trinajstić information content (AvgIpc) is 2.60. The number of anilines is 1. The number of nitrogens with zero attached hydrogens (tertiary/aromatic N) is 1. The Labute approximate surface area is 163 Å². The van der Waals surface area contributed by atoms with Crippen LogP contribution in [0, 0.1) is 13.8 Å². The van der Waals surface area contributed by atoms with Crippen molar-refractivity contribution in [2.75, 3.05) is 18.1 Å². The lowest BCUT2D eigenvalue weighted by atomic mass is 10.1. The number of carbonyl (C=O) groups is 1. The third-order valence-electron chi connectivity index (χ3n) is 4.33. The van der Waals surface area contributed by atoms with Gasteiger partial charge in [-0.05, 0) is 55.2 Å². The minimum absolute atomic E-state index is 0.319. The fraction of sp³-hybridized carbons (Fsp3) is 0.381. The molecular weight excluding hydrogens is 394 g/mol. The predicted molar refractivity (Wildman–Crippen MR) is 109 cm³/mol. The molecule has 0 aliphatic rings. The van der Waals surface area contributed by atoms with Crippen LogP contribution in [0.3, 0.4) is 0 Å². The topological polar surface area (TPSA) is 49.8 Å². The fourth-order valence-electron chi connectivity index (χ4n) is 2.90. The fourth-order valence-corrected chi connectivity index (χ4v) is 3.26. The molecule has 2 rings (SSSR count). The van der Waals surface area contributed by atoms with Gasteiger partial charge in [0.05, 0.1) is 0 Å². The largest absolute Gasteiger partial charge is 0.482 e. The van der Waals surface area contributed by atoms with E-state index in [0.29, 0.717) is 5.75 Å². The number of halogens is 1. The van der Waals surface area contributed by atoms with Gasteiger partial charge in [0.1, 0.15) is 5.75 Å². The molecular formula is C21H26BrNO3. The van der Waals surface area contributed by atoms with Gasteiger partial charge in [-0.3, -0.25) is 0 Å². The van der Waals surface area contributed by atoms with Crippen LogP contribution in [0.15, 0.2) is 40.9 Å². The summed E-state index contributed by atoms with van der Waals surface area (Å²) in [5.41, 5.74) is 4.60. The summed E-state index contributed by atoms with van der Waals surface area (Å²) in [7, 11) is 0. The zero-order valence-corrected chi connectivity index (χ0v) is 17.2. The van der Waals surface area contributed by atoms with Crippen molar-refractivity contribution in [2.24, 2.45) is 0 Å². The molecule has 0 unspecified atom stereocenters. The van der Waals surface area contributed by atoms with E-state index in [1.54, 1.807) is 0 Å². The van der Waals surface area contributed by atoms with E-state index in [2.05, 4.69) is 58.9 Å². The Hall–Kier alpha value is -2.01. The number of aliphatic carboxylic acids is 1. The van der Waals surface area contributed by atoms with E-state index in [9.17, 15) is 4.79 Å². The molecule has 0 spiro atoms. The van der Waals surface area contributed by atoms with Crippen molar-refractivity contribution in [3.8, 4) is 5.75 Å². The van der Waals surface area contributed by atoms with Gasteiger partial charge in [-0.2, -0.15) is 0 Å². The van der Waals surface area contributed by atoms with Crippen LogP contribution >= 0.6 is 15.9 Å². The monoisotopic (exact) mass is 419 g/mol. The van der Waals surface area contributed by atoms with Crippen molar-refractivity contribution >= 4 is 27.6 Å². The Kier molecular flexibility index (Phi) is 7.51. The summed E-state index contributed by atoms with van der Waals surface area (Å²) in [6.45, 7) is 7.75. The lowest BCUT2D eigenvalue weighted by Gasteiger charge is -2.27. The number of rotatable bonds is 9. The Morgan fingerprint density at radius 3 is 2.65 bits per heavy atom. The van der Waals surface area contributed by atoms with Crippen LogP contribution in [0.25, 0.3) is 0 Å². The second-order valence-corrected chi connectivity index (χ2v) is 7.30. The third kappa shape index (κ3) is 5.49. The highest BCUT2D eigenvalue weighted by Gasteiger charge is 2.12. The molecule has 0 atom stereocenters. The smallest absolute Gasteiger partial charge is 0.341 e. The molecule has 0 aliphatic carbocycles. The Morgan fingerprint density at radius 1 is 1.23 bits per heavy atom. The number of aryl methyl sites for hydroxylation is 1. The summed E-state index contributed by atoms with van der Waals surface area (Å²) in [6.07, 6.45) is 2.27. The molecule has 0 bridgehead atoms. The van der Waals surface area contributed by atoms with Crippen LogP contribution in [0.1, 0.15) is 36.5 Å². The second kappa shape index (κ2) is 9.62. The number of hydrogen-bond acceptors (Lipinski definition) is 3. The molecule has 0 heterocycles. The highest BCUT2D eigenvalue weighted by molar-refractivity contribution is 9.10. The number of hydrogen-bond donors (Lipinski definition) is 1. The lowest BCUT2D eigenvalue weighted by molar-refractivity contribution is -0.139. The lowest BCUT2D eigenvalue weighted by Crippen LogP contribution is -2.24. The predicted octanol–water partition coefficient (Wildman–Crippen LogP) is 5.34. The molecule has 5 heteroatoms. The van der Waals surface area contributed by atoms with Gasteiger partial charge in [0.25, 0.3) is 0 Å². The summed E-state index contributed by atoms with van der Waals surface area (Å²) in [4.78, 5) is 13.1. The summed E-state index contributed by atoms with van der Waals surface area (Å²) in [6, 6.07) is 12.2. The maximum absolute atomic E-state index is 10.7. The van der Waals surface area contributed by atoms with Crippen LogP contribution in [0.5, 0.6) is 5.75 Å². The highest BCUT2D eigenvalue weighted by Crippen LogP contribution is 2.29. The molecule has 2 aromatic rings. The number of carboxylic acid groups (broad SMARTS) is 1. The SMILES string of the molecule is CCCCN(Cc1ccc(OCC(=O)O)c(C)c1)c1cccc(Br)c1C. The summed E-state index contributed by atoms with van der Waals surface area (Å²) in [5.74, 6) is -0.348. The van der Waals surface area contributed by atoms with E-state index >= 15 is 0 Å². The second-order valence-electron chi connectivity index (χ2n) is 6.44. The molecule has 0 saturated heterocycles. The molecule has 0 radical (unpaired) electrons. The number of ether oxygens (including phenoxy) is 1. The van der Waals surface area contributed by atoms with Crippen molar-refractivity contribution in [3.63, 3.8) is 0 Å². The van der Waals surface area contributed by atoms with Gasteiger partial charge < -0.3 is 14.7 Å². The molecule has 26 heavy (non-hydrogen) atoms. The first-order chi connectivity index (χ1) is 12.4. The van der Waals surface area contributed by atoms with E-state index in [-0.39, 0.29) is 6.61 Å². The highest BCUT2D eigenvalue weighted by atomic mass is 79.9. The summed E-state index contributed by atoms with van der Waals surface area (Å²) >= 11 is 3.63. The van der Waals surface area contributed by atoms with E-state index in [1.165, 1.54) is 16.8 Å². The van der Waals surface area contributed by atoms with Gasteiger partial charge in [0, 0.05) is 23.2 Å². The van der Waals surface area contributed by atoms with Gasteiger partial charge in [-0.15, -0.1) is 0 Å². The van der Waals surface area contributed by atoms with Crippen LogP contribution in [-0.2, 0) is 11.3 Å². The molecule has 140 valence electrons. The molecule has 2 aromatic carbocycles. The Balaban J connectivity index is 2.21. The van der Waals surface area contributed by atoms with Crippen molar-refractivity contribution < 1.29 is 14.6 Å². The van der Waals surface area contributed by atoms with Crippen LogP contribution in [-0.4, -0.2) is 24.2 Å². The summed E-state index contributed by atoms with van der Waals surface area (Å²) < 4.78 is 6.44. The maximum Gasteiger partial charge on any atom is 0.341 e. The molecule has 4 nitrogen and oxygen atoms in total. The molecule has 0 aliphatic heterocycles. The van der Waals surface area contributed by atoms with Crippen LogP contribution in [0.2, 0.25) is 0 Å². The summed E-state index contributed by atoms with van der Waals surface area (Å²) in [5, 5.41) is 8.76. The first kappa shape index (κ1) is 20.3. The molecule has 0 saturated carbocycles. The van der Waals surface area contributed by atoms with Crippen LogP contribution < -0.4 is 9.64 Å². The zero-order valence-electron chi connectivity index (χ0n) is 15.6.